The summed E-state index contributed by atoms with van der Waals surface area (Å²) in [4.78, 5) is 24.2. The summed E-state index contributed by atoms with van der Waals surface area (Å²) in [5.74, 6) is -0.884. The molecule has 0 aliphatic heterocycles. The Morgan fingerprint density at radius 3 is 2.70 bits per heavy atom. The summed E-state index contributed by atoms with van der Waals surface area (Å²) < 4.78 is 1.53. The molecule has 0 aliphatic rings. The van der Waals surface area contributed by atoms with Gasteiger partial charge in [0.25, 0.3) is 0 Å². The van der Waals surface area contributed by atoms with Crippen molar-refractivity contribution in [3.8, 4) is 0 Å². The first-order chi connectivity index (χ1) is 9.45. The van der Waals surface area contributed by atoms with Crippen LogP contribution in [0.4, 0.5) is 0 Å². The van der Waals surface area contributed by atoms with Gasteiger partial charge in [-0.2, -0.15) is 0 Å². The number of carboxylic acid groups (broad SMARTS) is 1. The van der Waals surface area contributed by atoms with Crippen molar-refractivity contribution in [1.82, 2.24) is 19.9 Å². The monoisotopic (exact) mass is 282 g/mol. The van der Waals surface area contributed by atoms with E-state index >= 15 is 0 Å². The van der Waals surface area contributed by atoms with Crippen LogP contribution in [0.15, 0.2) is 0 Å². The second-order valence-corrected chi connectivity index (χ2v) is 4.84. The molecule has 0 aliphatic carbocycles. The maximum absolute atomic E-state index is 12.0. The molecule has 1 N–H and O–H groups in total. The maximum atomic E-state index is 12.0. The largest absolute Gasteiger partial charge is 0.481 e. The van der Waals surface area contributed by atoms with Gasteiger partial charge in [0.2, 0.25) is 5.91 Å². The van der Waals surface area contributed by atoms with E-state index in [0.717, 1.165) is 25.1 Å². The Bertz CT molecular complexity index is 470. The number of carboxylic acids is 1. The number of rotatable bonds is 8. The van der Waals surface area contributed by atoms with Gasteiger partial charge in [0.1, 0.15) is 6.54 Å². The summed E-state index contributed by atoms with van der Waals surface area (Å²) in [6, 6.07) is 0. The first-order valence-electron chi connectivity index (χ1n) is 6.80. The molecule has 0 saturated heterocycles. The minimum Gasteiger partial charge on any atom is -0.481 e. The topological polar surface area (TPSA) is 88.3 Å². The number of aromatic nitrogens is 3. The van der Waals surface area contributed by atoms with Crippen LogP contribution in [0.5, 0.6) is 0 Å². The van der Waals surface area contributed by atoms with Gasteiger partial charge in [0, 0.05) is 20.0 Å². The summed E-state index contributed by atoms with van der Waals surface area (Å²) in [5.41, 5.74) is 1.39. The van der Waals surface area contributed by atoms with E-state index in [2.05, 4.69) is 17.2 Å². The lowest BCUT2D eigenvalue weighted by molar-refractivity contribution is -0.137. The second kappa shape index (κ2) is 7.62. The van der Waals surface area contributed by atoms with Gasteiger partial charge in [-0.15, -0.1) is 5.10 Å². The standard InChI is InChI=1S/C13H22N4O3/c1-4-5-8-16(3)12(18)9-17-10(2)11(14-15-17)6-7-13(19)20/h4-9H2,1-3H3,(H,19,20). The Hall–Kier alpha value is -1.92. The summed E-state index contributed by atoms with van der Waals surface area (Å²) >= 11 is 0. The molecule has 0 saturated carbocycles. The highest BCUT2D eigenvalue weighted by molar-refractivity contribution is 5.75. The van der Waals surface area contributed by atoms with Gasteiger partial charge in [-0.3, -0.25) is 9.59 Å². The van der Waals surface area contributed by atoms with Crippen LogP contribution in [0.25, 0.3) is 0 Å². The third-order valence-electron chi connectivity index (χ3n) is 3.21. The van der Waals surface area contributed by atoms with Gasteiger partial charge in [-0.25, -0.2) is 4.68 Å². The minimum atomic E-state index is -0.866. The molecular weight excluding hydrogens is 260 g/mol. The molecule has 0 bridgehead atoms. The number of carbonyl (C=O) groups is 2. The zero-order chi connectivity index (χ0) is 15.1. The quantitative estimate of drug-likeness (QED) is 0.764. The Balaban J connectivity index is 2.60. The van der Waals surface area contributed by atoms with Crippen LogP contribution in [0, 0.1) is 6.92 Å². The number of amides is 1. The lowest BCUT2D eigenvalue weighted by atomic mass is 10.2. The number of aryl methyl sites for hydroxylation is 1. The van der Waals surface area contributed by atoms with Gasteiger partial charge in [-0.05, 0) is 13.3 Å². The van der Waals surface area contributed by atoms with E-state index in [1.807, 2.05) is 0 Å². The van der Waals surface area contributed by atoms with Crippen molar-refractivity contribution in [3.63, 3.8) is 0 Å². The van der Waals surface area contributed by atoms with Crippen LogP contribution >= 0.6 is 0 Å². The van der Waals surface area contributed by atoms with E-state index in [1.165, 1.54) is 4.68 Å². The van der Waals surface area contributed by atoms with Gasteiger partial charge >= 0.3 is 5.97 Å². The van der Waals surface area contributed by atoms with Crippen LogP contribution in [0.3, 0.4) is 0 Å². The van der Waals surface area contributed by atoms with Crippen LogP contribution in [0.2, 0.25) is 0 Å². The smallest absolute Gasteiger partial charge is 0.303 e. The lowest BCUT2D eigenvalue weighted by Gasteiger charge is -2.16. The van der Waals surface area contributed by atoms with Crippen LogP contribution in [0.1, 0.15) is 37.6 Å². The first-order valence-corrected chi connectivity index (χ1v) is 6.80. The number of carbonyl (C=O) groups excluding carboxylic acids is 1. The normalized spacial score (nSPS) is 10.6. The molecule has 1 aromatic rings. The summed E-state index contributed by atoms with van der Waals surface area (Å²) in [6.07, 6.45) is 2.37. The molecule has 20 heavy (non-hydrogen) atoms. The molecule has 0 radical (unpaired) electrons. The number of hydrogen-bond donors (Lipinski definition) is 1. The van der Waals surface area contributed by atoms with E-state index < -0.39 is 5.97 Å². The Kier molecular flexibility index (Phi) is 6.14. The molecule has 0 fully saturated rings. The predicted molar refractivity (Wildman–Crippen MR) is 73.3 cm³/mol. The van der Waals surface area contributed by atoms with Crippen molar-refractivity contribution in [3.05, 3.63) is 11.4 Å². The predicted octanol–water partition coefficient (Wildman–Crippen LogP) is 0.862. The molecule has 0 atom stereocenters. The fourth-order valence-electron chi connectivity index (χ4n) is 1.77. The molecule has 0 aromatic carbocycles. The first kappa shape index (κ1) is 16.1. The second-order valence-electron chi connectivity index (χ2n) is 4.84. The van der Waals surface area contributed by atoms with E-state index in [-0.39, 0.29) is 18.9 Å². The lowest BCUT2D eigenvalue weighted by Crippen LogP contribution is -2.31. The molecule has 0 unspecified atom stereocenters. The molecule has 7 heteroatoms. The van der Waals surface area contributed by atoms with Crippen molar-refractivity contribution in [2.24, 2.45) is 0 Å². The fraction of sp³-hybridized carbons (Fsp3) is 0.692. The maximum Gasteiger partial charge on any atom is 0.303 e. The van der Waals surface area contributed by atoms with E-state index in [4.69, 9.17) is 5.11 Å². The van der Waals surface area contributed by atoms with Gasteiger partial charge in [-0.1, -0.05) is 18.6 Å². The van der Waals surface area contributed by atoms with Crippen molar-refractivity contribution < 1.29 is 14.7 Å². The zero-order valence-electron chi connectivity index (χ0n) is 12.3. The average Bonchev–Trinajstić information content (AvgIpc) is 2.74. The van der Waals surface area contributed by atoms with E-state index in [1.54, 1.807) is 18.9 Å². The molecular formula is C13H22N4O3. The summed E-state index contributed by atoms with van der Waals surface area (Å²) in [7, 11) is 1.77. The van der Waals surface area contributed by atoms with E-state index in [0.29, 0.717) is 12.1 Å². The molecule has 112 valence electrons. The Labute approximate surface area is 118 Å². The average molecular weight is 282 g/mol. The van der Waals surface area contributed by atoms with Crippen LogP contribution in [-0.4, -0.2) is 50.5 Å². The molecule has 0 spiro atoms. The van der Waals surface area contributed by atoms with Gasteiger partial charge in [0.05, 0.1) is 17.8 Å². The highest BCUT2D eigenvalue weighted by Crippen LogP contribution is 2.07. The van der Waals surface area contributed by atoms with Gasteiger partial charge in [0.15, 0.2) is 0 Å². The third kappa shape index (κ3) is 4.64. The molecule has 7 nitrogen and oxygen atoms in total. The third-order valence-corrected chi connectivity index (χ3v) is 3.21. The zero-order valence-corrected chi connectivity index (χ0v) is 12.3. The molecule has 1 heterocycles. The van der Waals surface area contributed by atoms with Crippen LogP contribution < -0.4 is 0 Å². The van der Waals surface area contributed by atoms with Crippen molar-refractivity contribution >= 4 is 11.9 Å². The highest BCUT2D eigenvalue weighted by Gasteiger charge is 2.14. The summed E-state index contributed by atoms with van der Waals surface area (Å²) in [5, 5.41) is 16.5. The fourth-order valence-corrected chi connectivity index (χ4v) is 1.77. The van der Waals surface area contributed by atoms with Crippen molar-refractivity contribution in [2.45, 2.75) is 46.1 Å². The van der Waals surface area contributed by atoms with Crippen molar-refractivity contribution in [1.29, 1.82) is 0 Å². The summed E-state index contributed by atoms with van der Waals surface area (Å²) in [6.45, 7) is 4.76. The highest BCUT2D eigenvalue weighted by atomic mass is 16.4. The number of likely N-dealkylation sites (N-methyl/N-ethyl adjacent to an activating group) is 1. The number of nitrogens with zero attached hydrogens (tertiary/aromatic N) is 4. The minimum absolute atomic E-state index is 0.0174. The van der Waals surface area contributed by atoms with Crippen molar-refractivity contribution in [2.75, 3.05) is 13.6 Å². The van der Waals surface area contributed by atoms with E-state index in [9.17, 15) is 9.59 Å². The number of unbranched alkanes of at least 4 members (excludes halogenated alkanes) is 1. The van der Waals surface area contributed by atoms with Gasteiger partial charge < -0.3 is 10.0 Å². The number of hydrogen-bond acceptors (Lipinski definition) is 4. The molecule has 1 rings (SSSR count). The molecule has 1 amide bonds. The SMILES string of the molecule is CCCCN(C)C(=O)Cn1nnc(CCC(=O)O)c1C. The Morgan fingerprint density at radius 1 is 1.40 bits per heavy atom. The Morgan fingerprint density at radius 2 is 2.10 bits per heavy atom. The van der Waals surface area contributed by atoms with Crippen LogP contribution in [-0.2, 0) is 22.6 Å². The molecule has 1 aromatic heterocycles. The number of aliphatic carboxylic acids is 1.